The molecule has 0 spiro atoms. The molecule has 3 heterocycles. The monoisotopic (exact) mass is 504 g/mol. The first kappa shape index (κ1) is 21.9. The molecule has 0 amide bonds. The fourth-order valence-electron chi connectivity index (χ4n) is 2.90. The third-order valence-electron chi connectivity index (χ3n) is 4.31. The van der Waals surface area contributed by atoms with Crippen molar-refractivity contribution in [3.63, 3.8) is 0 Å². The van der Waals surface area contributed by atoms with Crippen LogP contribution in [0.2, 0.25) is 0 Å². The smallest absolute Gasteiger partial charge is 0.205 e. The zero-order valence-corrected chi connectivity index (χ0v) is 19.4. The molecular formula is C17H29IN8S. The van der Waals surface area contributed by atoms with Gasteiger partial charge in [-0.05, 0) is 19.4 Å². The number of anilines is 1. The van der Waals surface area contributed by atoms with Gasteiger partial charge in [-0.2, -0.15) is 9.47 Å². The summed E-state index contributed by atoms with van der Waals surface area (Å²) in [6.07, 6.45) is 4.82. The van der Waals surface area contributed by atoms with Gasteiger partial charge in [0.2, 0.25) is 5.13 Å². The lowest BCUT2D eigenvalue weighted by molar-refractivity contribution is 0.372. The predicted molar refractivity (Wildman–Crippen MR) is 121 cm³/mol. The number of halogens is 1. The minimum absolute atomic E-state index is 0. The molecule has 0 saturated carbocycles. The Hall–Kier alpha value is -1.43. The molecule has 0 aliphatic carbocycles. The van der Waals surface area contributed by atoms with Gasteiger partial charge in [0.15, 0.2) is 5.96 Å². The molecule has 3 rings (SSSR count). The van der Waals surface area contributed by atoms with Crippen LogP contribution in [-0.2, 0) is 13.0 Å². The van der Waals surface area contributed by atoms with Gasteiger partial charge in [0.1, 0.15) is 5.82 Å². The number of piperazine rings is 1. The van der Waals surface area contributed by atoms with Crippen molar-refractivity contribution in [3.8, 4) is 0 Å². The molecule has 10 heteroatoms. The second-order valence-electron chi connectivity index (χ2n) is 6.34. The van der Waals surface area contributed by atoms with Gasteiger partial charge >= 0.3 is 0 Å². The topological polar surface area (TPSA) is 74.5 Å². The Morgan fingerprint density at radius 3 is 2.63 bits per heavy atom. The van der Waals surface area contributed by atoms with Crippen LogP contribution < -0.4 is 10.2 Å². The van der Waals surface area contributed by atoms with Gasteiger partial charge in [0.25, 0.3) is 0 Å². The van der Waals surface area contributed by atoms with E-state index in [-0.39, 0.29) is 24.0 Å². The second-order valence-corrected chi connectivity index (χ2v) is 7.07. The van der Waals surface area contributed by atoms with Crippen molar-refractivity contribution in [1.82, 2.24) is 29.4 Å². The van der Waals surface area contributed by atoms with E-state index in [9.17, 15) is 0 Å². The Labute approximate surface area is 182 Å². The standard InChI is InChI=1S/C17H28N8S.HI/c1-4-15-21-17(26-22-15)24-10-8-23(9-11-24)16(18-5-2)19-6-7-25-13-14(3)12-20-25;/h12-13H,4-11H2,1-3H3,(H,18,19);1H. The predicted octanol–water partition coefficient (Wildman–Crippen LogP) is 2.01. The van der Waals surface area contributed by atoms with Crippen molar-refractivity contribution in [2.45, 2.75) is 33.7 Å². The lowest BCUT2D eigenvalue weighted by atomic mass is 10.3. The summed E-state index contributed by atoms with van der Waals surface area (Å²) in [6.45, 7) is 12.4. The van der Waals surface area contributed by atoms with Crippen LogP contribution in [0.4, 0.5) is 5.13 Å². The largest absolute Gasteiger partial charge is 0.357 e. The highest BCUT2D eigenvalue weighted by Gasteiger charge is 2.21. The first-order chi connectivity index (χ1) is 12.7. The molecule has 0 atom stereocenters. The van der Waals surface area contributed by atoms with Crippen LogP contribution in [0, 0.1) is 6.92 Å². The Morgan fingerprint density at radius 2 is 2.04 bits per heavy atom. The number of guanidine groups is 1. The van der Waals surface area contributed by atoms with Gasteiger partial charge in [-0.3, -0.25) is 9.67 Å². The van der Waals surface area contributed by atoms with Gasteiger partial charge in [-0.25, -0.2) is 4.98 Å². The molecule has 2 aromatic rings. The van der Waals surface area contributed by atoms with E-state index in [0.717, 1.165) is 69.1 Å². The first-order valence-electron chi connectivity index (χ1n) is 9.29. The number of nitrogens with zero attached hydrogens (tertiary/aromatic N) is 7. The van der Waals surface area contributed by atoms with E-state index in [4.69, 9.17) is 4.99 Å². The molecule has 8 nitrogen and oxygen atoms in total. The van der Waals surface area contributed by atoms with E-state index in [2.05, 4.69) is 50.3 Å². The Kier molecular flexibility index (Phi) is 8.74. The van der Waals surface area contributed by atoms with E-state index in [0.29, 0.717) is 0 Å². The number of aromatic nitrogens is 4. The fourth-order valence-corrected chi connectivity index (χ4v) is 3.70. The summed E-state index contributed by atoms with van der Waals surface area (Å²) in [6, 6.07) is 0. The van der Waals surface area contributed by atoms with Gasteiger partial charge in [-0.15, -0.1) is 24.0 Å². The van der Waals surface area contributed by atoms with Crippen LogP contribution in [0.25, 0.3) is 0 Å². The SMILES string of the molecule is CCNC(=NCCn1cc(C)cn1)N1CCN(c2nc(CC)ns2)CC1.I. The molecule has 0 radical (unpaired) electrons. The molecule has 1 aliphatic heterocycles. The molecule has 1 saturated heterocycles. The molecule has 0 bridgehead atoms. The molecule has 2 aromatic heterocycles. The van der Waals surface area contributed by atoms with Crippen molar-refractivity contribution in [1.29, 1.82) is 0 Å². The number of aliphatic imine (C=N–C) groups is 1. The summed E-state index contributed by atoms with van der Waals surface area (Å²) in [5, 5.41) is 8.77. The number of hydrogen-bond acceptors (Lipinski definition) is 6. The average molecular weight is 504 g/mol. The van der Waals surface area contributed by atoms with Gasteiger partial charge in [0.05, 0.1) is 19.3 Å². The maximum atomic E-state index is 4.78. The minimum atomic E-state index is 0. The Morgan fingerprint density at radius 1 is 1.26 bits per heavy atom. The first-order valence-corrected chi connectivity index (χ1v) is 10.1. The number of rotatable bonds is 6. The maximum Gasteiger partial charge on any atom is 0.205 e. The highest BCUT2D eigenvalue weighted by molar-refractivity contribution is 14.0. The Balaban J connectivity index is 0.00000261. The molecule has 1 fully saturated rings. The lowest BCUT2D eigenvalue weighted by Gasteiger charge is -2.36. The van der Waals surface area contributed by atoms with Crippen LogP contribution >= 0.6 is 35.5 Å². The molecule has 27 heavy (non-hydrogen) atoms. The number of hydrogen-bond donors (Lipinski definition) is 1. The van der Waals surface area contributed by atoms with Gasteiger partial charge in [-0.1, -0.05) is 6.92 Å². The van der Waals surface area contributed by atoms with Crippen molar-refractivity contribution in [3.05, 3.63) is 23.8 Å². The highest BCUT2D eigenvalue weighted by Crippen LogP contribution is 2.19. The summed E-state index contributed by atoms with van der Waals surface area (Å²) in [7, 11) is 0. The third-order valence-corrected chi connectivity index (χ3v) is 5.13. The molecule has 0 unspecified atom stereocenters. The van der Waals surface area contributed by atoms with E-state index in [1.165, 1.54) is 17.1 Å². The van der Waals surface area contributed by atoms with Crippen molar-refractivity contribution >= 4 is 46.6 Å². The lowest BCUT2D eigenvalue weighted by Crippen LogP contribution is -2.52. The summed E-state index contributed by atoms with van der Waals surface area (Å²) in [5.74, 6) is 1.93. The summed E-state index contributed by atoms with van der Waals surface area (Å²) in [5.41, 5.74) is 1.18. The van der Waals surface area contributed by atoms with E-state index < -0.39 is 0 Å². The van der Waals surface area contributed by atoms with Gasteiger partial charge < -0.3 is 15.1 Å². The summed E-state index contributed by atoms with van der Waals surface area (Å²) < 4.78 is 6.34. The average Bonchev–Trinajstić information content (AvgIpc) is 3.30. The number of nitrogens with one attached hydrogen (secondary N) is 1. The summed E-state index contributed by atoms with van der Waals surface area (Å²) >= 11 is 1.50. The van der Waals surface area contributed by atoms with Crippen LogP contribution in [-0.4, -0.2) is 69.3 Å². The van der Waals surface area contributed by atoms with Crippen LogP contribution in [0.1, 0.15) is 25.2 Å². The highest BCUT2D eigenvalue weighted by atomic mass is 127. The van der Waals surface area contributed by atoms with E-state index in [1.807, 2.05) is 17.1 Å². The maximum absolute atomic E-state index is 4.78. The van der Waals surface area contributed by atoms with Crippen LogP contribution in [0.3, 0.4) is 0 Å². The third kappa shape index (κ3) is 6.03. The molecular weight excluding hydrogens is 475 g/mol. The second kappa shape index (κ2) is 10.8. The van der Waals surface area contributed by atoms with Crippen LogP contribution in [0.15, 0.2) is 17.4 Å². The van der Waals surface area contributed by atoms with Crippen LogP contribution in [0.5, 0.6) is 0 Å². The molecule has 1 aliphatic rings. The van der Waals surface area contributed by atoms with E-state index in [1.54, 1.807) is 0 Å². The number of aryl methyl sites for hydroxylation is 2. The van der Waals surface area contributed by atoms with Crippen molar-refractivity contribution < 1.29 is 0 Å². The summed E-state index contributed by atoms with van der Waals surface area (Å²) in [4.78, 5) is 14.0. The van der Waals surface area contributed by atoms with E-state index >= 15 is 0 Å². The molecule has 150 valence electrons. The van der Waals surface area contributed by atoms with Crippen molar-refractivity contribution in [2.75, 3.05) is 44.2 Å². The van der Waals surface area contributed by atoms with Gasteiger partial charge in [0, 0.05) is 56.9 Å². The Bertz CT molecular complexity index is 720. The zero-order valence-electron chi connectivity index (χ0n) is 16.3. The molecule has 0 aromatic carbocycles. The zero-order chi connectivity index (χ0) is 18.4. The molecule has 1 N–H and O–H groups in total. The normalized spacial score (nSPS) is 15.0. The fraction of sp³-hybridized carbons (Fsp3) is 0.647. The van der Waals surface area contributed by atoms with Crippen molar-refractivity contribution in [2.24, 2.45) is 4.99 Å². The minimum Gasteiger partial charge on any atom is -0.357 e. The quantitative estimate of drug-likeness (QED) is 0.369.